The summed E-state index contributed by atoms with van der Waals surface area (Å²) in [5, 5.41) is 0. The first-order valence-electron chi connectivity index (χ1n) is 6.56. The van der Waals surface area contributed by atoms with Crippen LogP contribution >= 0.6 is 0 Å². The molecule has 0 aliphatic heterocycles. The maximum atomic E-state index is 6.43. The fourth-order valence-corrected chi connectivity index (χ4v) is 2.62. The van der Waals surface area contributed by atoms with E-state index in [1.807, 2.05) is 0 Å². The zero-order valence-electron chi connectivity index (χ0n) is 10.8. The Hall–Kier alpha value is -0.120. The fourth-order valence-electron chi connectivity index (χ4n) is 2.62. The third-order valence-corrected chi connectivity index (χ3v) is 3.74. The van der Waals surface area contributed by atoms with Crippen molar-refractivity contribution in [3.63, 3.8) is 0 Å². The molecule has 0 amide bonds. The maximum absolute atomic E-state index is 6.43. The van der Waals surface area contributed by atoms with Gasteiger partial charge in [-0.1, -0.05) is 26.2 Å². The molecule has 0 aromatic carbocycles. The molecule has 0 radical (unpaired) electrons. The van der Waals surface area contributed by atoms with Gasteiger partial charge in [0.15, 0.2) is 0 Å². The van der Waals surface area contributed by atoms with Gasteiger partial charge in [0.05, 0.1) is 13.2 Å². The zero-order valence-corrected chi connectivity index (χ0v) is 10.8. The van der Waals surface area contributed by atoms with E-state index in [-0.39, 0.29) is 5.54 Å². The van der Waals surface area contributed by atoms with Crippen LogP contribution < -0.4 is 5.73 Å². The van der Waals surface area contributed by atoms with Crippen LogP contribution in [0.25, 0.3) is 0 Å². The van der Waals surface area contributed by atoms with Crippen LogP contribution in [0, 0.1) is 5.92 Å². The quantitative estimate of drug-likeness (QED) is 0.681. The highest BCUT2D eigenvalue weighted by atomic mass is 16.5. The summed E-state index contributed by atoms with van der Waals surface area (Å²) >= 11 is 0. The maximum Gasteiger partial charge on any atom is 0.0700 e. The molecule has 0 saturated heterocycles. The summed E-state index contributed by atoms with van der Waals surface area (Å²) in [5.41, 5.74) is 6.46. The van der Waals surface area contributed by atoms with Crippen LogP contribution in [-0.4, -0.2) is 32.5 Å². The summed E-state index contributed by atoms with van der Waals surface area (Å²) in [6.45, 7) is 4.40. The minimum Gasteiger partial charge on any atom is -0.382 e. The van der Waals surface area contributed by atoms with Crippen molar-refractivity contribution in [3.05, 3.63) is 0 Å². The van der Waals surface area contributed by atoms with Crippen molar-refractivity contribution in [2.45, 2.75) is 51.0 Å². The normalized spacial score (nSPS) is 30.6. The van der Waals surface area contributed by atoms with E-state index in [1.165, 1.54) is 25.7 Å². The molecule has 2 atom stereocenters. The van der Waals surface area contributed by atoms with Crippen molar-refractivity contribution in [1.82, 2.24) is 0 Å². The molecule has 96 valence electrons. The molecule has 2 N–H and O–H groups in total. The Morgan fingerprint density at radius 3 is 2.81 bits per heavy atom. The van der Waals surface area contributed by atoms with E-state index in [0.717, 1.165) is 25.4 Å². The lowest BCUT2D eigenvalue weighted by Gasteiger charge is -2.37. The molecule has 0 aromatic heterocycles. The molecule has 16 heavy (non-hydrogen) atoms. The standard InChI is InChI=1S/C13H27NO2/c1-3-12-5-4-6-13(14,11-12)7-8-16-10-9-15-2/h12H,3-11,14H2,1-2H3. The minimum absolute atomic E-state index is 0.0337. The summed E-state index contributed by atoms with van der Waals surface area (Å²) in [7, 11) is 1.70. The van der Waals surface area contributed by atoms with Crippen LogP contribution in [0.1, 0.15) is 45.4 Å². The van der Waals surface area contributed by atoms with Gasteiger partial charge in [-0.05, 0) is 25.2 Å². The molecule has 1 aliphatic rings. The van der Waals surface area contributed by atoms with Gasteiger partial charge in [0.1, 0.15) is 0 Å². The topological polar surface area (TPSA) is 44.5 Å². The number of ether oxygens (including phenoxy) is 2. The molecule has 0 aromatic rings. The van der Waals surface area contributed by atoms with Crippen molar-refractivity contribution < 1.29 is 9.47 Å². The fraction of sp³-hybridized carbons (Fsp3) is 1.00. The van der Waals surface area contributed by atoms with Gasteiger partial charge < -0.3 is 15.2 Å². The second-order valence-corrected chi connectivity index (χ2v) is 5.09. The lowest BCUT2D eigenvalue weighted by molar-refractivity contribution is 0.0541. The summed E-state index contributed by atoms with van der Waals surface area (Å²) in [6.07, 6.45) is 7.25. The van der Waals surface area contributed by atoms with E-state index in [9.17, 15) is 0 Å². The van der Waals surface area contributed by atoms with Gasteiger partial charge in [0.25, 0.3) is 0 Å². The molecular formula is C13H27NO2. The van der Waals surface area contributed by atoms with Crippen molar-refractivity contribution in [3.8, 4) is 0 Å². The first-order chi connectivity index (χ1) is 7.70. The average molecular weight is 229 g/mol. The molecule has 1 aliphatic carbocycles. The van der Waals surface area contributed by atoms with E-state index in [0.29, 0.717) is 13.2 Å². The number of nitrogens with two attached hydrogens (primary N) is 1. The lowest BCUT2D eigenvalue weighted by Crippen LogP contribution is -2.45. The van der Waals surface area contributed by atoms with Crippen LogP contribution in [0.3, 0.4) is 0 Å². The predicted molar refractivity (Wildman–Crippen MR) is 66.5 cm³/mol. The van der Waals surface area contributed by atoms with Gasteiger partial charge in [-0.2, -0.15) is 0 Å². The highest BCUT2D eigenvalue weighted by Crippen LogP contribution is 2.34. The van der Waals surface area contributed by atoms with Gasteiger partial charge in [-0.15, -0.1) is 0 Å². The number of methoxy groups -OCH3 is 1. The van der Waals surface area contributed by atoms with Crippen molar-refractivity contribution in [2.75, 3.05) is 26.9 Å². The second-order valence-electron chi connectivity index (χ2n) is 5.09. The molecule has 3 nitrogen and oxygen atoms in total. The molecule has 3 heteroatoms. The Bertz CT molecular complexity index is 187. The summed E-state index contributed by atoms with van der Waals surface area (Å²) in [4.78, 5) is 0. The Morgan fingerprint density at radius 1 is 1.31 bits per heavy atom. The second kappa shape index (κ2) is 7.25. The molecule has 1 fully saturated rings. The Balaban J connectivity index is 2.17. The van der Waals surface area contributed by atoms with Gasteiger partial charge >= 0.3 is 0 Å². The third-order valence-electron chi connectivity index (χ3n) is 3.74. The van der Waals surface area contributed by atoms with Crippen LogP contribution in [0.2, 0.25) is 0 Å². The Kier molecular flexibility index (Phi) is 6.32. The molecule has 2 unspecified atom stereocenters. The highest BCUT2D eigenvalue weighted by molar-refractivity contribution is 4.90. The molecule has 0 spiro atoms. The number of hydrogen-bond donors (Lipinski definition) is 1. The van der Waals surface area contributed by atoms with E-state index < -0.39 is 0 Å². The van der Waals surface area contributed by atoms with Crippen LogP contribution in [-0.2, 0) is 9.47 Å². The number of hydrogen-bond acceptors (Lipinski definition) is 3. The van der Waals surface area contributed by atoms with Gasteiger partial charge in [0.2, 0.25) is 0 Å². The minimum atomic E-state index is 0.0337. The van der Waals surface area contributed by atoms with Crippen LogP contribution in [0.4, 0.5) is 0 Å². The van der Waals surface area contributed by atoms with E-state index in [1.54, 1.807) is 7.11 Å². The summed E-state index contributed by atoms with van der Waals surface area (Å²) in [6, 6.07) is 0. The van der Waals surface area contributed by atoms with Gasteiger partial charge in [-0.3, -0.25) is 0 Å². The molecule has 0 heterocycles. The van der Waals surface area contributed by atoms with Crippen molar-refractivity contribution in [1.29, 1.82) is 0 Å². The molecular weight excluding hydrogens is 202 g/mol. The van der Waals surface area contributed by atoms with Crippen LogP contribution in [0.5, 0.6) is 0 Å². The smallest absolute Gasteiger partial charge is 0.0700 e. The SMILES string of the molecule is CCC1CCCC(N)(CCOCCOC)C1. The third kappa shape index (κ3) is 4.81. The van der Waals surface area contributed by atoms with E-state index in [2.05, 4.69) is 6.92 Å². The van der Waals surface area contributed by atoms with Crippen molar-refractivity contribution >= 4 is 0 Å². The first-order valence-corrected chi connectivity index (χ1v) is 6.56. The number of rotatable bonds is 7. The average Bonchev–Trinajstić information content (AvgIpc) is 2.29. The van der Waals surface area contributed by atoms with E-state index in [4.69, 9.17) is 15.2 Å². The summed E-state index contributed by atoms with van der Waals surface area (Å²) in [5.74, 6) is 0.831. The van der Waals surface area contributed by atoms with Crippen molar-refractivity contribution in [2.24, 2.45) is 11.7 Å². The van der Waals surface area contributed by atoms with Crippen LogP contribution in [0.15, 0.2) is 0 Å². The zero-order chi connectivity index (χ0) is 11.9. The Labute approximate surface area is 99.7 Å². The van der Waals surface area contributed by atoms with Gasteiger partial charge in [-0.25, -0.2) is 0 Å². The largest absolute Gasteiger partial charge is 0.382 e. The van der Waals surface area contributed by atoms with E-state index >= 15 is 0 Å². The molecule has 0 bridgehead atoms. The monoisotopic (exact) mass is 229 g/mol. The summed E-state index contributed by atoms with van der Waals surface area (Å²) < 4.78 is 10.4. The molecule has 1 rings (SSSR count). The predicted octanol–water partition coefficient (Wildman–Crippen LogP) is 2.34. The highest BCUT2D eigenvalue weighted by Gasteiger charge is 2.31. The molecule has 1 saturated carbocycles. The lowest BCUT2D eigenvalue weighted by atomic mass is 9.74. The Morgan fingerprint density at radius 2 is 2.12 bits per heavy atom. The van der Waals surface area contributed by atoms with Gasteiger partial charge in [0, 0.05) is 19.3 Å². The first kappa shape index (κ1) is 13.9.